The Morgan fingerprint density at radius 1 is 0.541 bits per heavy atom. The van der Waals surface area contributed by atoms with Crippen LogP contribution in [0.1, 0.15) is 251 Å². The number of unbranched alkanes of at least 4 members (excludes halogenated alkanes) is 6. The van der Waals surface area contributed by atoms with Crippen LogP contribution in [0.25, 0.3) is 0 Å². The van der Waals surface area contributed by atoms with Crippen molar-refractivity contribution in [3.8, 4) is 5.75 Å². The van der Waals surface area contributed by atoms with Gasteiger partial charge in [-0.3, -0.25) is 48.2 Å². The fourth-order valence-electron chi connectivity index (χ4n) is 13.2. The van der Waals surface area contributed by atoms with Crippen LogP contribution in [-0.2, 0) is 76.3 Å². The maximum atomic E-state index is 14.3. The fraction of sp³-hybridized carbons (Fsp3) is 0.821. The second-order valence-corrected chi connectivity index (χ2v) is 36.4. The van der Waals surface area contributed by atoms with E-state index in [0.717, 1.165) is 70.8 Å². The lowest BCUT2D eigenvalue weighted by atomic mass is 9.82. The van der Waals surface area contributed by atoms with E-state index in [9.17, 15) is 43.2 Å². The quantitative estimate of drug-likeness (QED) is 0.0348. The zero-order valence-electron chi connectivity index (χ0n) is 72.0. The van der Waals surface area contributed by atoms with Crippen molar-refractivity contribution in [1.29, 1.82) is 0 Å². The van der Waals surface area contributed by atoms with Gasteiger partial charge >= 0.3 is 12.1 Å². The molecule has 638 valence electrons. The minimum atomic E-state index is -0.779. The van der Waals surface area contributed by atoms with Gasteiger partial charge in [0, 0.05) is 137 Å². The van der Waals surface area contributed by atoms with Gasteiger partial charge in [-0.1, -0.05) is 37.8 Å². The fourth-order valence-corrected chi connectivity index (χ4v) is 15.5. The first-order chi connectivity index (χ1) is 52.2. The third-order valence-corrected chi connectivity index (χ3v) is 22.9. The Labute approximate surface area is 676 Å². The Morgan fingerprint density at radius 2 is 1.00 bits per heavy atom. The molecule has 0 radical (unpaired) electrons. The van der Waals surface area contributed by atoms with Crippen LogP contribution in [0.3, 0.4) is 0 Å². The smallest absolute Gasteiger partial charge is 0.414 e. The Morgan fingerprint density at radius 3 is 1.44 bits per heavy atom. The van der Waals surface area contributed by atoms with Gasteiger partial charge in [-0.25, -0.2) is 4.79 Å². The Hall–Kier alpha value is -4.97. The number of nitrogens with one attached hydrogen (secondary N) is 2. The van der Waals surface area contributed by atoms with E-state index >= 15 is 0 Å². The van der Waals surface area contributed by atoms with Gasteiger partial charge in [0.25, 0.3) is 0 Å². The third kappa shape index (κ3) is 40.0. The van der Waals surface area contributed by atoms with E-state index in [1.165, 1.54) is 38.2 Å². The van der Waals surface area contributed by atoms with Crippen molar-refractivity contribution in [2.75, 3.05) is 145 Å². The molecule has 2 N–H and O–H groups in total. The summed E-state index contributed by atoms with van der Waals surface area (Å²) in [5.41, 5.74) is -2.14. The molecule has 27 heteroatoms. The maximum absolute atomic E-state index is 14.3. The van der Waals surface area contributed by atoms with E-state index in [1.807, 2.05) is 53.6 Å². The Bertz CT molecular complexity index is 2940. The summed E-state index contributed by atoms with van der Waals surface area (Å²) in [4.78, 5) is 127. The van der Waals surface area contributed by atoms with Gasteiger partial charge in [-0.05, 0) is 231 Å². The van der Waals surface area contributed by atoms with Crippen molar-refractivity contribution < 1.29 is 85.8 Å². The predicted molar refractivity (Wildman–Crippen MR) is 440 cm³/mol. The van der Waals surface area contributed by atoms with E-state index < -0.39 is 50.5 Å². The first kappa shape index (κ1) is 100. The minimum Gasteiger partial charge on any atom is -0.457 e. The molecule has 5 unspecified atom stereocenters. The minimum absolute atomic E-state index is 0.000199. The van der Waals surface area contributed by atoms with Crippen molar-refractivity contribution in [3.05, 3.63) is 29.8 Å². The van der Waals surface area contributed by atoms with Crippen molar-refractivity contribution in [2.45, 2.75) is 284 Å². The average Bonchev–Trinajstić information content (AvgIpc) is 1.77. The van der Waals surface area contributed by atoms with Crippen LogP contribution in [0.15, 0.2) is 24.3 Å². The predicted octanol–water partition coefficient (Wildman–Crippen LogP) is 13.0. The summed E-state index contributed by atoms with van der Waals surface area (Å²) in [5, 5.41) is 4.82. The third-order valence-electron chi connectivity index (χ3n) is 20.3. The molecule has 0 bridgehead atoms. The molecule has 1 aromatic rings. The van der Waals surface area contributed by atoms with Crippen molar-refractivity contribution >= 4 is 76.9 Å². The molecule has 1 aromatic carbocycles. The molecule has 111 heavy (non-hydrogen) atoms. The number of esters is 1. The average molecular weight is 1610 g/mol. The molecular weight excluding hydrogens is 1460 g/mol. The lowest BCUT2D eigenvalue weighted by Gasteiger charge is -2.40. The number of imide groups is 2. The highest BCUT2D eigenvalue weighted by Gasteiger charge is 2.42. The van der Waals surface area contributed by atoms with Crippen LogP contribution < -0.4 is 15.4 Å². The van der Waals surface area contributed by atoms with Gasteiger partial charge in [0.05, 0.1) is 63.7 Å². The van der Waals surface area contributed by atoms with Crippen molar-refractivity contribution in [3.63, 3.8) is 0 Å². The van der Waals surface area contributed by atoms with Gasteiger partial charge in [0.15, 0.2) is 0 Å². The van der Waals surface area contributed by atoms with Gasteiger partial charge < -0.3 is 68.0 Å². The normalized spacial score (nSPS) is 16.2. The molecule has 5 atom stereocenters. The lowest BCUT2D eigenvalue weighted by molar-refractivity contribution is -0.159. The van der Waals surface area contributed by atoms with Gasteiger partial charge in [-0.15, -0.1) is 23.5 Å². The molecule has 2 saturated heterocycles. The van der Waals surface area contributed by atoms with Crippen molar-refractivity contribution in [2.24, 2.45) is 17.3 Å². The molecule has 2 heterocycles. The monoisotopic (exact) mass is 1610 g/mol. The molecule has 2 fully saturated rings. The summed E-state index contributed by atoms with van der Waals surface area (Å²) >= 11 is 2.95. The number of hydrogen-bond donors (Lipinski definition) is 2. The number of methoxy groups -OCH3 is 1. The molecule has 2 aliphatic rings. The SMILES string of the molecule is CCOC(C)(C)CC(COCCCNC(=O)CCN1C(=O)CC(SCCCCCCN(CCCCCCSC2CC(=O)N(CCC(=O)NCCCOCC(CC(C)(C)OCC(C)(C)OC)C(C)(C)OCC)C2=O)C(=O)CCCC(OC(=O)C(C)(C)C)c2ccc(OC(=O)N(C)CCCN(C)C)cc2)C1=O)C(C)(C)OCC. The largest absolute Gasteiger partial charge is 0.457 e. The van der Waals surface area contributed by atoms with Crippen LogP contribution >= 0.6 is 23.5 Å². The number of carbonyl (C=O) groups is 9. The number of carbonyl (C=O) groups excluding carboxylic acids is 9. The van der Waals surface area contributed by atoms with E-state index in [1.54, 1.807) is 59.2 Å². The lowest BCUT2D eigenvalue weighted by Crippen LogP contribution is -2.44. The standard InChI is InChI=1S/C84H147N7O18S2/c1-21-104-80(7,8)58-64(83(13,14)105-22-2)60-102-52-33-44-85-70(92)42-50-90-73(95)56-68(75(90)97)110-54-30-26-24-28-48-89(72(94)37-32-36-67(109-77(99)79(4,5)6)63-38-40-66(41-39-63)108-78(100)88(19)47-35-46-87(17)18)49-29-25-27-31-55-111-69-57-74(96)91(76(69)98)51-43-71(93)86-45-34-53-103-61-65(84(15,16)106-23-3)59-81(9,10)107-62-82(11,12)101-20/h38-41,64-65,67-69H,21-37,42-62H2,1-20H3,(H,85,92)(H,86,93). The van der Waals surface area contributed by atoms with Crippen LogP contribution in [0, 0.1) is 17.3 Å². The van der Waals surface area contributed by atoms with Crippen LogP contribution in [0.2, 0.25) is 0 Å². The molecule has 2 aliphatic heterocycles. The highest BCUT2D eigenvalue weighted by atomic mass is 32.2. The number of nitrogens with zero attached hydrogens (tertiary/aromatic N) is 5. The number of benzene rings is 1. The molecule has 0 saturated carbocycles. The van der Waals surface area contributed by atoms with Gasteiger partial charge in [-0.2, -0.15) is 0 Å². The Kier molecular flexibility index (Phi) is 46.2. The molecule has 8 amide bonds. The first-order valence-electron chi connectivity index (χ1n) is 41.1. The molecular formula is C84H147N7O18S2. The number of hydrogen-bond acceptors (Lipinski definition) is 21. The summed E-state index contributed by atoms with van der Waals surface area (Å²) in [6, 6.07) is 6.95. The van der Waals surface area contributed by atoms with Crippen LogP contribution in [0.5, 0.6) is 5.75 Å². The second-order valence-electron chi connectivity index (χ2n) is 33.8. The first-order valence-corrected chi connectivity index (χ1v) is 43.2. The number of amides is 8. The molecule has 25 nitrogen and oxygen atoms in total. The number of thioether (sulfide) groups is 2. The van der Waals surface area contributed by atoms with Crippen molar-refractivity contribution in [1.82, 2.24) is 35.1 Å². The highest BCUT2D eigenvalue weighted by molar-refractivity contribution is 8.00. The van der Waals surface area contributed by atoms with Crippen LogP contribution in [0.4, 0.5) is 4.79 Å². The van der Waals surface area contributed by atoms with E-state index in [-0.39, 0.29) is 110 Å². The topological polar surface area (TPSA) is 277 Å². The van der Waals surface area contributed by atoms with E-state index in [0.29, 0.717) is 141 Å². The highest BCUT2D eigenvalue weighted by Crippen LogP contribution is 2.36. The summed E-state index contributed by atoms with van der Waals surface area (Å²) in [7, 11) is 7.33. The Balaban J connectivity index is 1.52. The zero-order chi connectivity index (χ0) is 83.0. The van der Waals surface area contributed by atoms with E-state index in [4.69, 9.17) is 42.6 Å². The second kappa shape index (κ2) is 51.2. The summed E-state index contributed by atoms with van der Waals surface area (Å²) in [6.45, 7) is 39.2. The number of ether oxygens (including phenoxy) is 9. The van der Waals surface area contributed by atoms with Crippen LogP contribution in [-0.4, -0.2) is 261 Å². The van der Waals surface area contributed by atoms with E-state index in [2.05, 4.69) is 70.9 Å². The number of likely N-dealkylation sites (tertiary alicyclic amines) is 2. The summed E-state index contributed by atoms with van der Waals surface area (Å²) < 4.78 is 54.1. The number of rotatable bonds is 61. The summed E-state index contributed by atoms with van der Waals surface area (Å²) in [5.74, 6) is -0.0739. The molecule has 0 aromatic heterocycles. The summed E-state index contributed by atoms with van der Waals surface area (Å²) in [6.07, 6.45) is 10.2. The van der Waals surface area contributed by atoms with Gasteiger partial charge in [0.1, 0.15) is 11.9 Å². The maximum Gasteiger partial charge on any atom is 0.414 e. The molecule has 0 spiro atoms. The molecule has 0 aliphatic carbocycles. The molecule has 3 rings (SSSR count). The zero-order valence-corrected chi connectivity index (χ0v) is 73.6. The van der Waals surface area contributed by atoms with Gasteiger partial charge in [0.2, 0.25) is 41.4 Å².